The number of primary amides is 1. The smallest absolute Gasteiger partial charge is 0.271 e. The van der Waals surface area contributed by atoms with Gasteiger partial charge in [0.1, 0.15) is 0 Å². The molecule has 0 saturated carbocycles. The van der Waals surface area contributed by atoms with Crippen LogP contribution < -0.4 is 26.6 Å². The highest BCUT2D eigenvalue weighted by Gasteiger charge is 2.20. The third-order valence-electron chi connectivity index (χ3n) is 4.81. The van der Waals surface area contributed by atoms with Gasteiger partial charge < -0.3 is 26.6 Å². The van der Waals surface area contributed by atoms with Crippen molar-refractivity contribution in [3.05, 3.63) is 41.2 Å². The topological polar surface area (TPSA) is 125 Å². The van der Waals surface area contributed by atoms with E-state index in [0.29, 0.717) is 31.6 Å². The molecule has 0 aliphatic carbocycles. The number of aryl methyl sites for hydroxylation is 1. The lowest BCUT2D eigenvalue weighted by Gasteiger charge is -2.25. The van der Waals surface area contributed by atoms with Crippen molar-refractivity contribution in [2.75, 3.05) is 37.4 Å². The average Bonchev–Trinajstić information content (AvgIpc) is 2.78. The van der Waals surface area contributed by atoms with Crippen LogP contribution in [0.25, 0.3) is 0 Å². The Bertz CT molecular complexity index is 869. The van der Waals surface area contributed by atoms with E-state index in [1.54, 1.807) is 0 Å². The van der Waals surface area contributed by atoms with Crippen LogP contribution in [0.5, 0.6) is 0 Å². The maximum atomic E-state index is 12.0. The zero-order chi connectivity index (χ0) is 24.1. The number of rotatable bonds is 11. The summed E-state index contributed by atoms with van der Waals surface area (Å²) in [5.74, 6) is 0.418. The molecule has 0 saturated heterocycles. The van der Waals surface area contributed by atoms with Crippen LogP contribution in [-0.4, -0.2) is 55.5 Å². The number of amides is 2. The minimum Gasteiger partial charge on any atom is -0.364 e. The number of aromatic nitrogens is 2. The first-order valence-corrected chi connectivity index (χ1v) is 10.9. The zero-order valence-electron chi connectivity index (χ0n) is 20.0. The highest BCUT2D eigenvalue weighted by Crippen LogP contribution is 2.25. The molecule has 0 fully saturated rings. The van der Waals surface area contributed by atoms with Crippen molar-refractivity contribution >= 4 is 29.6 Å². The van der Waals surface area contributed by atoms with Crippen molar-refractivity contribution in [3.63, 3.8) is 0 Å². The monoisotopic (exact) mass is 443 g/mol. The van der Waals surface area contributed by atoms with Gasteiger partial charge in [0.25, 0.3) is 5.91 Å². The van der Waals surface area contributed by atoms with Gasteiger partial charge in [0.15, 0.2) is 17.3 Å². The fourth-order valence-corrected chi connectivity index (χ4v) is 2.70. The molecule has 0 spiro atoms. The van der Waals surface area contributed by atoms with Gasteiger partial charge in [0, 0.05) is 25.3 Å². The minimum absolute atomic E-state index is 0.116. The molecule has 9 heteroatoms. The molecule has 1 aromatic carbocycles. The zero-order valence-corrected chi connectivity index (χ0v) is 20.0. The summed E-state index contributed by atoms with van der Waals surface area (Å²) in [7, 11) is 3.88. The lowest BCUT2D eigenvalue weighted by molar-refractivity contribution is -0.109. The van der Waals surface area contributed by atoms with E-state index in [9.17, 15) is 9.59 Å². The summed E-state index contributed by atoms with van der Waals surface area (Å²) < 4.78 is 0. The number of carbonyl (C=O) groups is 2. The van der Waals surface area contributed by atoms with E-state index in [2.05, 4.69) is 46.7 Å². The van der Waals surface area contributed by atoms with E-state index in [1.165, 1.54) is 0 Å². The Labute approximate surface area is 191 Å². The summed E-state index contributed by atoms with van der Waals surface area (Å²) in [5.41, 5.74) is 8.20. The van der Waals surface area contributed by atoms with E-state index >= 15 is 0 Å². The van der Waals surface area contributed by atoms with Crippen LogP contribution >= 0.6 is 0 Å². The lowest BCUT2D eigenvalue weighted by Crippen LogP contribution is -2.29. The van der Waals surface area contributed by atoms with E-state index in [4.69, 9.17) is 5.73 Å². The third-order valence-corrected chi connectivity index (χ3v) is 4.81. The molecule has 9 nitrogen and oxygen atoms in total. The van der Waals surface area contributed by atoms with Gasteiger partial charge in [-0.3, -0.25) is 9.59 Å². The molecule has 0 bridgehead atoms. The van der Waals surface area contributed by atoms with Crippen LogP contribution in [0, 0.1) is 0 Å². The van der Waals surface area contributed by atoms with Crippen molar-refractivity contribution in [1.82, 2.24) is 20.6 Å². The maximum absolute atomic E-state index is 12.0. The Hall–Kier alpha value is -3.20. The molecule has 0 atom stereocenters. The van der Waals surface area contributed by atoms with Gasteiger partial charge in [-0.05, 0) is 58.0 Å². The van der Waals surface area contributed by atoms with Crippen molar-refractivity contribution < 1.29 is 9.59 Å². The second-order valence-corrected chi connectivity index (χ2v) is 7.47. The van der Waals surface area contributed by atoms with Gasteiger partial charge in [0.2, 0.25) is 6.41 Å². The van der Waals surface area contributed by atoms with Crippen molar-refractivity contribution in [1.29, 1.82) is 0 Å². The number of anilines is 3. The summed E-state index contributed by atoms with van der Waals surface area (Å²) in [5, 5.41) is 8.75. The van der Waals surface area contributed by atoms with E-state index in [1.807, 2.05) is 50.2 Å². The van der Waals surface area contributed by atoms with Gasteiger partial charge in [-0.2, -0.15) is 0 Å². The summed E-state index contributed by atoms with van der Waals surface area (Å²) in [6.07, 6.45) is 2.01. The molecule has 32 heavy (non-hydrogen) atoms. The van der Waals surface area contributed by atoms with Crippen LogP contribution in [0.4, 0.5) is 17.3 Å². The first kappa shape index (κ1) is 26.8. The summed E-state index contributed by atoms with van der Waals surface area (Å²) in [6.45, 7) is 9.78. The molecule has 2 aromatic rings. The predicted molar refractivity (Wildman–Crippen MR) is 131 cm³/mol. The van der Waals surface area contributed by atoms with Crippen LogP contribution in [-0.2, 0) is 17.6 Å². The number of benzene rings is 1. The first-order valence-electron chi connectivity index (χ1n) is 10.9. The Balaban J connectivity index is 0.00000118. The molecule has 1 aromatic heterocycles. The van der Waals surface area contributed by atoms with E-state index in [-0.39, 0.29) is 11.7 Å². The molecule has 2 amide bonds. The number of nitrogens with two attached hydrogens (primary N) is 1. The molecule has 0 radical (unpaired) electrons. The Morgan fingerprint density at radius 1 is 1.25 bits per heavy atom. The van der Waals surface area contributed by atoms with Crippen LogP contribution in [0.1, 0.15) is 49.4 Å². The second kappa shape index (κ2) is 14.0. The Kier molecular flexibility index (Phi) is 11.7. The van der Waals surface area contributed by atoms with Gasteiger partial charge in [-0.15, -0.1) is 0 Å². The standard InChI is InChI=1S/C20H28N6O2.C3H9N/c1-5-16-20(26(4)13(2)3)25-19(17(24-16)18(21)28)23-15-8-6-7-14(11-15)9-10-22-12-27;1-3-4-2/h6-8,11-13H,5,9-10H2,1-4H3,(H2,21,28)(H,22,27)(H,23,25);4H,3H2,1-2H3. The molecule has 2 rings (SSSR count). The summed E-state index contributed by atoms with van der Waals surface area (Å²) >= 11 is 0. The number of nitrogens with zero attached hydrogens (tertiary/aromatic N) is 3. The predicted octanol–water partition coefficient (Wildman–Crippen LogP) is 2.24. The highest BCUT2D eigenvalue weighted by molar-refractivity contribution is 5.96. The van der Waals surface area contributed by atoms with Gasteiger partial charge in [0.05, 0.1) is 5.69 Å². The average molecular weight is 444 g/mol. The van der Waals surface area contributed by atoms with E-state index in [0.717, 1.165) is 29.3 Å². The fraction of sp³-hybridized carbons (Fsp3) is 0.478. The molecule has 176 valence electrons. The van der Waals surface area contributed by atoms with E-state index < -0.39 is 5.91 Å². The number of carbonyl (C=O) groups excluding carboxylic acids is 2. The molecule has 1 heterocycles. The summed E-state index contributed by atoms with van der Waals surface area (Å²) in [4.78, 5) is 33.5. The molecular formula is C23H37N7O2. The molecule has 5 N–H and O–H groups in total. The van der Waals surface area contributed by atoms with Crippen LogP contribution in [0.2, 0.25) is 0 Å². The molecule has 0 unspecified atom stereocenters. The quantitative estimate of drug-likeness (QED) is 0.310. The molecular weight excluding hydrogens is 406 g/mol. The second-order valence-electron chi connectivity index (χ2n) is 7.47. The SMILES string of the molecule is CCNC.CCc1nc(C(N)=O)c(Nc2cccc(CCNC=O)c2)nc1N(C)C(C)C. The van der Waals surface area contributed by atoms with Crippen LogP contribution in [0.15, 0.2) is 24.3 Å². The number of nitrogens with one attached hydrogen (secondary N) is 3. The van der Waals surface area contributed by atoms with Crippen molar-refractivity contribution in [3.8, 4) is 0 Å². The molecule has 0 aliphatic heterocycles. The Morgan fingerprint density at radius 2 is 1.94 bits per heavy atom. The normalized spacial score (nSPS) is 10.2. The summed E-state index contributed by atoms with van der Waals surface area (Å²) in [6, 6.07) is 7.91. The highest BCUT2D eigenvalue weighted by atomic mass is 16.1. The maximum Gasteiger partial charge on any atom is 0.271 e. The minimum atomic E-state index is -0.630. The third kappa shape index (κ3) is 8.14. The Morgan fingerprint density at radius 3 is 2.47 bits per heavy atom. The number of hydrogen-bond acceptors (Lipinski definition) is 7. The number of hydrogen-bond donors (Lipinski definition) is 4. The molecule has 0 aliphatic rings. The van der Waals surface area contributed by atoms with Crippen molar-refractivity contribution in [2.45, 2.75) is 46.6 Å². The lowest BCUT2D eigenvalue weighted by atomic mass is 10.1. The van der Waals surface area contributed by atoms with Gasteiger partial charge in [-0.1, -0.05) is 26.0 Å². The van der Waals surface area contributed by atoms with Gasteiger partial charge >= 0.3 is 0 Å². The van der Waals surface area contributed by atoms with Gasteiger partial charge in [-0.25, -0.2) is 9.97 Å². The van der Waals surface area contributed by atoms with Crippen molar-refractivity contribution in [2.24, 2.45) is 5.73 Å². The largest absolute Gasteiger partial charge is 0.364 e. The fourth-order valence-electron chi connectivity index (χ4n) is 2.70. The first-order chi connectivity index (χ1) is 15.3. The van der Waals surface area contributed by atoms with Crippen LogP contribution in [0.3, 0.4) is 0 Å².